The van der Waals surface area contributed by atoms with E-state index in [4.69, 9.17) is 11.6 Å². The number of sulfonamides is 1. The average Bonchev–Trinajstić information content (AvgIpc) is 2.68. The summed E-state index contributed by atoms with van der Waals surface area (Å²) >= 11 is 7.53. The highest BCUT2D eigenvalue weighted by Gasteiger charge is 2.23. The number of esters is 1. The van der Waals surface area contributed by atoms with Gasteiger partial charge in [0.25, 0.3) is 0 Å². The number of carbonyl (C=O) groups excluding carboxylic acids is 2. The van der Waals surface area contributed by atoms with Crippen LogP contribution in [0.2, 0.25) is 5.02 Å². The lowest BCUT2D eigenvalue weighted by Gasteiger charge is -2.17. The lowest BCUT2D eigenvalue weighted by molar-refractivity contribution is -0.116. The molecular formula is C18H19ClN2O5S2. The third kappa shape index (κ3) is 5.26. The number of carbonyl (C=O) groups is 2. The van der Waals surface area contributed by atoms with Crippen LogP contribution in [0.25, 0.3) is 0 Å². The van der Waals surface area contributed by atoms with Gasteiger partial charge in [0, 0.05) is 11.9 Å². The SMILES string of the molecule is COC(=O)c1ccc(Cl)c(NC(=O)CN(C)S(=O)(=O)c2ccc(SC)cc2)c1. The van der Waals surface area contributed by atoms with Gasteiger partial charge in [-0.05, 0) is 48.7 Å². The van der Waals surface area contributed by atoms with Crippen molar-refractivity contribution in [2.24, 2.45) is 0 Å². The monoisotopic (exact) mass is 442 g/mol. The number of likely N-dealkylation sites (N-methyl/N-ethyl adjacent to an activating group) is 1. The standard InChI is InChI=1S/C18H19ClN2O5S2/c1-21(28(24,25)14-7-5-13(27-3)6-8-14)11-17(22)20-16-10-12(18(23)26-2)4-9-15(16)19/h4-10H,11H2,1-3H3,(H,20,22). The molecule has 0 saturated carbocycles. The molecule has 0 unspecified atom stereocenters. The average molecular weight is 443 g/mol. The fourth-order valence-corrected chi connectivity index (χ4v) is 3.97. The molecule has 0 aliphatic rings. The zero-order chi connectivity index (χ0) is 20.9. The maximum atomic E-state index is 12.6. The molecule has 2 aromatic rings. The molecule has 0 aromatic heterocycles. The van der Waals surface area contributed by atoms with Gasteiger partial charge in [0.05, 0.1) is 34.8 Å². The number of hydrogen-bond acceptors (Lipinski definition) is 6. The summed E-state index contributed by atoms with van der Waals surface area (Å²) in [6.07, 6.45) is 1.89. The Balaban J connectivity index is 2.12. The largest absolute Gasteiger partial charge is 0.465 e. The normalized spacial score (nSPS) is 11.3. The van der Waals surface area contributed by atoms with E-state index in [0.29, 0.717) is 0 Å². The third-order valence-corrected chi connectivity index (χ3v) is 6.69. The number of anilines is 1. The number of ether oxygens (including phenoxy) is 1. The zero-order valence-corrected chi connectivity index (χ0v) is 17.8. The lowest BCUT2D eigenvalue weighted by Crippen LogP contribution is -2.35. The van der Waals surface area contributed by atoms with Gasteiger partial charge in [-0.2, -0.15) is 4.31 Å². The van der Waals surface area contributed by atoms with Gasteiger partial charge in [0.15, 0.2) is 0 Å². The smallest absolute Gasteiger partial charge is 0.337 e. The maximum Gasteiger partial charge on any atom is 0.337 e. The van der Waals surface area contributed by atoms with Gasteiger partial charge in [-0.25, -0.2) is 13.2 Å². The molecule has 1 amide bonds. The number of nitrogens with zero attached hydrogens (tertiary/aromatic N) is 1. The second-order valence-corrected chi connectivity index (χ2v) is 9.00. The Morgan fingerprint density at radius 3 is 2.39 bits per heavy atom. The zero-order valence-electron chi connectivity index (χ0n) is 15.4. The van der Waals surface area contributed by atoms with Crippen LogP contribution in [-0.2, 0) is 19.6 Å². The van der Waals surface area contributed by atoms with Crippen molar-refractivity contribution in [2.45, 2.75) is 9.79 Å². The number of thioether (sulfide) groups is 1. The molecule has 28 heavy (non-hydrogen) atoms. The third-order valence-electron chi connectivity index (χ3n) is 3.80. The summed E-state index contributed by atoms with van der Waals surface area (Å²) in [4.78, 5) is 24.9. The van der Waals surface area contributed by atoms with E-state index in [0.717, 1.165) is 9.20 Å². The van der Waals surface area contributed by atoms with Crippen LogP contribution in [0, 0.1) is 0 Å². The molecule has 150 valence electrons. The number of rotatable bonds is 7. The molecule has 0 saturated heterocycles. The van der Waals surface area contributed by atoms with Gasteiger partial charge in [-0.3, -0.25) is 4.79 Å². The van der Waals surface area contributed by atoms with E-state index in [2.05, 4.69) is 10.1 Å². The first-order valence-corrected chi connectivity index (χ1v) is 11.0. The van der Waals surface area contributed by atoms with E-state index in [1.165, 1.54) is 56.3 Å². The Kier molecular flexibility index (Phi) is 7.48. The minimum Gasteiger partial charge on any atom is -0.465 e. The molecule has 0 atom stereocenters. The van der Waals surface area contributed by atoms with Crippen LogP contribution in [0.4, 0.5) is 5.69 Å². The van der Waals surface area contributed by atoms with Crippen molar-refractivity contribution in [1.82, 2.24) is 4.31 Å². The number of halogens is 1. The van der Waals surface area contributed by atoms with E-state index < -0.39 is 28.4 Å². The van der Waals surface area contributed by atoms with Crippen LogP contribution in [0.1, 0.15) is 10.4 Å². The molecular weight excluding hydrogens is 424 g/mol. The second kappa shape index (κ2) is 9.42. The Morgan fingerprint density at radius 2 is 1.82 bits per heavy atom. The molecule has 0 aliphatic carbocycles. The van der Waals surface area contributed by atoms with Gasteiger partial charge < -0.3 is 10.1 Å². The lowest BCUT2D eigenvalue weighted by atomic mass is 10.2. The van der Waals surface area contributed by atoms with Crippen LogP contribution >= 0.6 is 23.4 Å². The fraction of sp³-hybridized carbons (Fsp3) is 0.222. The topological polar surface area (TPSA) is 92.8 Å². The maximum absolute atomic E-state index is 12.6. The van der Waals surface area contributed by atoms with Crippen molar-refractivity contribution in [3.63, 3.8) is 0 Å². The van der Waals surface area contributed by atoms with Crippen molar-refractivity contribution < 1.29 is 22.7 Å². The van der Waals surface area contributed by atoms with Crippen LogP contribution in [0.5, 0.6) is 0 Å². The molecule has 0 bridgehead atoms. The number of hydrogen-bond donors (Lipinski definition) is 1. The van der Waals surface area contributed by atoms with Crippen LogP contribution in [0.15, 0.2) is 52.3 Å². The van der Waals surface area contributed by atoms with Crippen molar-refractivity contribution in [3.8, 4) is 0 Å². The minimum absolute atomic E-state index is 0.0892. The highest BCUT2D eigenvalue weighted by atomic mass is 35.5. The molecule has 0 aliphatic heterocycles. The Bertz CT molecular complexity index is 978. The summed E-state index contributed by atoms with van der Waals surface area (Å²) in [6.45, 7) is -0.425. The fourth-order valence-electron chi connectivity index (χ4n) is 2.27. The predicted octanol–water partition coefficient (Wildman–Crippen LogP) is 3.11. The molecule has 0 spiro atoms. The van der Waals surface area contributed by atoms with Crippen molar-refractivity contribution in [1.29, 1.82) is 0 Å². The quantitative estimate of drug-likeness (QED) is 0.523. The van der Waals surface area contributed by atoms with Gasteiger partial charge in [-0.1, -0.05) is 11.6 Å². The molecule has 0 heterocycles. The number of methoxy groups -OCH3 is 1. The number of benzene rings is 2. The van der Waals surface area contributed by atoms with E-state index in [9.17, 15) is 18.0 Å². The molecule has 0 radical (unpaired) electrons. The number of amides is 1. The summed E-state index contributed by atoms with van der Waals surface area (Å²) in [6, 6.07) is 10.6. The minimum atomic E-state index is -3.83. The number of nitrogens with one attached hydrogen (secondary N) is 1. The molecule has 10 heteroatoms. The summed E-state index contributed by atoms with van der Waals surface area (Å²) in [5.41, 5.74) is 0.391. The van der Waals surface area contributed by atoms with Crippen molar-refractivity contribution in [3.05, 3.63) is 53.1 Å². The Labute approximate surface area is 173 Å². The van der Waals surface area contributed by atoms with E-state index in [1.807, 2.05) is 6.26 Å². The molecule has 0 fully saturated rings. The van der Waals surface area contributed by atoms with E-state index >= 15 is 0 Å². The predicted molar refractivity (Wildman–Crippen MR) is 109 cm³/mol. The summed E-state index contributed by atoms with van der Waals surface area (Å²) in [5, 5.41) is 2.72. The van der Waals surface area contributed by atoms with Gasteiger partial charge in [-0.15, -0.1) is 11.8 Å². The summed E-state index contributed by atoms with van der Waals surface area (Å²) < 4.78 is 30.8. The van der Waals surface area contributed by atoms with E-state index in [-0.39, 0.29) is 21.2 Å². The van der Waals surface area contributed by atoms with Crippen molar-refractivity contribution in [2.75, 3.05) is 32.3 Å². The second-order valence-electron chi connectivity index (χ2n) is 5.67. The molecule has 2 rings (SSSR count). The Morgan fingerprint density at radius 1 is 1.18 bits per heavy atom. The first-order chi connectivity index (χ1) is 13.2. The Hall–Kier alpha value is -2.07. The highest BCUT2D eigenvalue weighted by molar-refractivity contribution is 7.98. The molecule has 7 nitrogen and oxygen atoms in total. The molecule has 1 N–H and O–H groups in total. The first-order valence-electron chi connectivity index (χ1n) is 7.97. The van der Waals surface area contributed by atoms with Crippen LogP contribution in [-0.4, -0.2) is 51.6 Å². The van der Waals surface area contributed by atoms with E-state index in [1.54, 1.807) is 12.1 Å². The van der Waals surface area contributed by atoms with Crippen LogP contribution in [0.3, 0.4) is 0 Å². The van der Waals surface area contributed by atoms with Crippen molar-refractivity contribution >= 4 is 50.9 Å². The van der Waals surface area contributed by atoms with Gasteiger partial charge in [0.2, 0.25) is 15.9 Å². The van der Waals surface area contributed by atoms with Crippen LogP contribution < -0.4 is 5.32 Å². The highest BCUT2D eigenvalue weighted by Crippen LogP contribution is 2.24. The van der Waals surface area contributed by atoms with Gasteiger partial charge >= 0.3 is 5.97 Å². The summed E-state index contributed by atoms with van der Waals surface area (Å²) in [5.74, 6) is -1.18. The van der Waals surface area contributed by atoms with Gasteiger partial charge in [0.1, 0.15) is 0 Å². The summed E-state index contributed by atoms with van der Waals surface area (Å²) in [7, 11) is -1.28. The molecule has 2 aromatic carbocycles. The first kappa shape index (κ1) is 22.2.